The maximum Gasteiger partial charge on any atom is 0.240 e. The summed E-state index contributed by atoms with van der Waals surface area (Å²) >= 11 is 0. The zero-order chi connectivity index (χ0) is 20.6. The molecular formula is C23H22N4O2S. The van der Waals surface area contributed by atoms with Crippen molar-refractivity contribution in [2.24, 2.45) is 0 Å². The second-order valence-corrected chi connectivity index (χ2v) is 9.28. The van der Waals surface area contributed by atoms with Gasteiger partial charge >= 0.3 is 0 Å². The average molecular weight is 419 g/mol. The highest BCUT2D eigenvalue weighted by molar-refractivity contribution is 7.89. The van der Waals surface area contributed by atoms with Crippen LogP contribution in [0.15, 0.2) is 71.6 Å². The first-order valence-corrected chi connectivity index (χ1v) is 11.6. The molecular weight excluding hydrogens is 396 g/mol. The van der Waals surface area contributed by atoms with Crippen LogP contribution in [0, 0.1) is 0 Å². The summed E-state index contributed by atoms with van der Waals surface area (Å²) in [4.78, 5) is 11.8. The third-order valence-corrected chi connectivity index (χ3v) is 6.89. The summed E-state index contributed by atoms with van der Waals surface area (Å²) in [5, 5.41) is 2.89. The quantitative estimate of drug-likeness (QED) is 0.533. The third kappa shape index (κ3) is 3.62. The molecule has 1 aliphatic heterocycles. The highest BCUT2D eigenvalue weighted by Crippen LogP contribution is 2.27. The molecule has 1 fully saturated rings. The van der Waals surface area contributed by atoms with E-state index < -0.39 is 10.0 Å². The standard InChI is InChI=1S/C23H22N4O2S/c28-30(29,19-12-11-17-7-1-2-8-18(17)15-19)24-16-22-25-21-10-4-3-9-20(21)23(26-22)27-13-5-6-14-27/h1-4,7-12,15,24H,5-6,13-14,16H2. The van der Waals surface area contributed by atoms with Crippen molar-refractivity contribution < 1.29 is 8.42 Å². The molecule has 4 aromatic rings. The first-order chi connectivity index (χ1) is 14.6. The minimum Gasteiger partial charge on any atom is -0.356 e. The molecule has 5 rings (SSSR count). The normalized spacial score (nSPS) is 14.6. The smallest absolute Gasteiger partial charge is 0.240 e. The Morgan fingerprint density at radius 3 is 2.43 bits per heavy atom. The molecule has 2 heterocycles. The number of para-hydroxylation sites is 1. The fraction of sp³-hybridized carbons (Fsp3) is 0.217. The van der Waals surface area contributed by atoms with Gasteiger partial charge in [-0.25, -0.2) is 23.1 Å². The molecule has 6 nitrogen and oxygen atoms in total. The number of fused-ring (bicyclic) bond motifs is 2. The van der Waals surface area contributed by atoms with Crippen molar-refractivity contribution in [2.75, 3.05) is 18.0 Å². The number of sulfonamides is 1. The second-order valence-electron chi connectivity index (χ2n) is 7.51. The SMILES string of the molecule is O=S(=O)(NCc1nc(N2CCCC2)c2ccccc2n1)c1ccc2ccccc2c1. The number of anilines is 1. The number of hydrogen-bond donors (Lipinski definition) is 1. The molecule has 3 aromatic carbocycles. The highest BCUT2D eigenvalue weighted by Gasteiger charge is 2.19. The molecule has 0 radical (unpaired) electrons. The summed E-state index contributed by atoms with van der Waals surface area (Å²) in [6.45, 7) is 1.97. The predicted molar refractivity (Wildman–Crippen MR) is 119 cm³/mol. The van der Waals surface area contributed by atoms with E-state index in [1.54, 1.807) is 12.1 Å². The number of rotatable bonds is 5. The molecule has 7 heteroatoms. The van der Waals surface area contributed by atoms with Crippen LogP contribution < -0.4 is 9.62 Å². The zero-order valence-electron chi connectivity index (χ0n) is 16.5. The molecule has 1 aliphatic rings. The van der Waals surface area contributed by atoms with Gasteiger partial charge in [0.25, 0.3) is 0 Å². The molecule has 0 spiro atoms. The van der Waals surface area contributed by atoms with Gasteiger partial charge in [0.1, 0.15) is 11.6 Å². The van der Waals surface area contributed by atoms with Crippen molar-refractivity contribution in [1.29, 1.82) is 0 Å². The largest absolute Gasteiger partial charge is 0.356 e. The fourth-order valence-corrected chi connectivity index (χ4v) is 4.95. The Labute approximate surface area is 175 Å². The lowest BCUT2D eigenvalue weighted by atomic mass is 10.1. The highest BCUT2D eigenvalue weighted by atomic mass is 32.2. The molecule has 0 saturated carbocycles. The van der Waals surface area contributed by atoms with E-state index in [0.29, 0.717) is 5.82 Å². The van der Waals surface area contributed by atoms with Crippen LogP contribution in [0.2, 0.25) is 0 Å². The Morgan fingerprint density at radius 1 is 0.867 bits per heavy atom. The Hall–Kier alpha value is -3.03. The van der Waals surface area contributed by atoms with Crippen molar-refractivity contribution in [3.63, 3.8) is 0 Å². The maximum absolute atomic E-state index is 12.9. The number of nitrogens with one attached hydrogen (secondary N) is 1. The Bertz CT molecular complexity index is 1330. The van der Waals surface area contributed by atoms with Gasteiger partial charge in [0.05, 0.1) is 17.0 Å². The lowest BCUT2D eigenvalue weighted by Gasteiger charge is -2.19. The number of nitrogens with zero attached hydrogens (tertiary/aromatic N) is 3. The number of hydrogen-bond acceptors (Lipinski definition) is 5. The van der Waals surface area contributed by atoms with Gasteiger partial charge in [-0.2, -0.15) is 0 Å². The van der Waals surface area contributed by atoms with E-state index in [-0.39, 0.29) is 11.4 Å². The lowest BCUT2D eigenvalue weighted by Crippen LogP contribution is -2.25. The minimum atomic E-state index is -3.68. The van der Waals surface area contributed by atoms with E-state index >= 15 is 0 Å². The van der Waals surface area contributed by atoms with Gasteiger partial charge in [0.2, 0.25) is 10.0 Å². The summed E-state index contributed by atoms with van der Waals surface area (Å²) in [6.07, 6.45) is 2.28. The summed E-state index contributed by atoms with van der Waals surface area (Å²) in [5.41, 5.74) is 0.828. The molecule has 30 heavy (non-hydrogen) atoms. The van der Waals surface area contributed by atoms with Crippen molar-refractivity contribution in [1.82, 2.24) is 14.7 Å². The molecule has 0 atom stereocenters. The van der Waals surface area contributed by atoms with Gasteiger partial charge in [-0.15, -0.1) is 0 Å². The predicted octanol–water partition coefficient (Wildman–Crippen LogP) is 3.86. The van der Waals surface area contributed by atoms with Gasteiger partial charge in [0.15, 0.2) is 0 Å². The van der Waals surface area contributed by atoms with E-state index in [1.165, 1.54) is 0 Å². The molecule has 0 bridgehead atoms. The number of aromatic nitrogens is 2. The van der Waals surface area contributed by atoms with Gasteiger partial charge in [-0.1, -0.05) is 42.5 Å². The Kier molecular flexibility index (Phi) is 4.84. The third-order valence-electron chi connectivity index (χ3n) is 5.49. The lowest BCUT2D eigenvalue weighted by molar-refractivity contribution is 0.579. The van der Waals surface area contributed by atoms with Gasteiger partial charge in [0, 0.05) is 18.5 Å². The zero-order valence-corrected chi connectivity index (χ0v) is 17.3. The summed E-state index contributed by atoms with van der Waals surface area (Å²) in [6, 6.07) is 20.7. The van der Waals surface area contributed by atoms with E-state index in [4.69, 9.17) is 4.98 Å². The fourth-order valence-electron chi connectivity index (χ4n) is 3.93. The van der Waals surface area contributed by atoms with Crippen molar-refractivity contribution in [2.45, 2.75) is 24.3 Å². The van der Waals surface area contributed by atoms with Crippen LogP contribution >= 0.6 is 0 Å². The first kappa shape index (κ1) is 19.0. The molecule has 1 N–H and O–H groups in total. The van der Waals surface area contributed by atoms with Gasteiger partial charge < -0.3 is 4.90 Å². The van der Waals surface area contributed by atoms with Crippen LogP contribution in [-0.2, 0) is 16.6 Å². The Balaban J connectivity index is 1.45. The minimum absolute atomic E-state index is 0.0425. The van der Waals surface area contributed by atoms with E-state index in [9.17, 15) is 8.42 Å². The van der Waals surface area contributed by atoms with Gasteiger partial charge in [-0.05, 0) is 47.9 Å². The summed E-state index contributed by atoms with van der Waals surface area (Å²) in [7, 11) is -3.68. The van der Waals surface area contributed by atoms with Crippen LogP contribution in [0.25, 0.3) is 21.7 Å². The van der Waals surface area contributed by atoms with E-state index in [0.717, 1.165) is 53.4 Å². The van der Waals surface area contributed by atoms with Crippen molar-refractivity contribution in [3.05, 3.63) is 72.6 Å². The maximum atomic E-state index is 12.9. The molecule has 0 amide bonds. The Morgan fingerprint density at radius 2 is 1.60 bits per heavy atom. The van der Waals surface area contributed by atoms with E-state index in [2.05, 4.69) is 14.6 Å². The molecule has 152 valence electrons. The van der Waals surface area contributed by atoms with Crippen LogP contribution in [0.5, 0.6) is 0 Å². The van der Waals surface area contributed by atoms with E-state index in [1.807, 2.05) is 54.6 Å². The van der Waals surface area contributed by atoms with Crippen LogP contribution in [0.1, 0.15) is 18.7 Å². The van der Waals surface area contributed by atoms with Crippen LogP contribution in [-0.4, -0.2) is 31.5 Å². The monoisotopic (exact) mass is 418 g/mol. The van der Waals surface area contributed by atoms with Crippen molar-refractivity contribution >= 4 is 37.5 Å². The van der Waals surface area contributed by atoms with Crippen molar-refractivity contribution in [3.8, 4) is 0 Å². The first-order valence-electron chi connectivity index (χ1n) is 10.1. The second kappa shape index (κ2) is 7.66. The average Bonchev–Trinajstić information content (AvgIpc) is 3.31. The summed E-state index contributed by atoms with van der Waals surface area (Å²) < 4.78 is 28.4. The van der Waals surface area contributed by atoms with Gasteiger partial charge in [-0.3, -0.25) is 0 Å². The van der Waals surface area contributed by atoms with Crippen LogP contribution in [0.3, 0.4) is 0 Å². The topological polar surface area (TPSA) is 75.2 Å². The number of benzene rings is 3. The van der Waals surface area contributed by atoms with Crippen LogP contribution in [0.4, 0.5) is 5.82 Å². The molecule has 1 saturated heterocycles. The molecule has 0 aliphatic carbocycles. The summed E-state index contributed by atoms with van der Waals surface area (Å²) in [5.74, 6) is 1.36. The molecule has 1 aromatic heterocycles. The molecule has 0 unspecified atom stereocenters.